The van der Waals surface area contributed by atoms with Crippen LogP contribution in [-0.4, -0.2) is 55.6 Å². The molecule has 0 saturated carbocycles. The minimum Gasteiger partial charge on any atom is -0.493 e. The highest BCUT2D eigenvalue weighted by Gasteiger charge is 2.31. The van der Waals surface area contributed by atoms with E-state index in [9.17, 15) is 22.8 Å². The minimum atomic E-state index is -4.54. The highest BCUT2D eigenvalue weighted by molar-refractivity contribution is 7.10. The Morgan fingerprint density at radius 1 is 1.00 bits per heavy atom. The number of carbonyl (C=O) groups is 2. The molecule has 0 aliphatic heterocycles. The lowest BCUT2D eigenvalue weighted by atomic mass is 10.1. The number of amides is 3. The summed E-state index contributed by atoms with van der Waals surface area (Å²) in [4.78, 5) is 31.0. The van der Waals surface area contributed by atoms with Gasteiger partial charge in [-0.25, -0.2) is 4.79 Å². The maximum atomic E-state index is 13.7. The number of hydrogen-bond acceptors (Lipinski definition) is 5. The Morgan fingerprint density at radius 3 is 2.34 bits per heavy atom. The number of thiophene rings is 1. The van der Waals surface area contributed by atoms with Crippen LogP contribution in [0.3, 0.4) is 0 Å². The van der Waals surface area contributed by atoms with Crippen LogP contribution in [-0.2, 0) is 23.9 Å². The summed E-state index contributed by atoms with van der Waals surface area (Å²) < 4.78 is 50.2. The summed E-state index contributed by atoms with van der Waals surface area (Å²) in [5.74, 6) is 0.953. The molecule has 3 aromatic rings. The molecule has 0 radical (unpaired) electrons. The second-order valence-electron chi connectivity index (χ2n) is 10.1. The Balaban J connectivity index is 1.79. The van der Waals surface area contributed by atoms with Crippen molar-refractivity contribution in [2.75, 3.05) is 39.2 Å². The number of carbonyl (C=O) groups excluding carboxylic acids is 2. The van der Waals surface area contributed by atoms with Gasteiger partial charge in [0.1, 0.15) is 6.54 Å². The quantitative estimate of drug-likeness (QED) is 0.250. The van der Waals surface area contributed by atoms with Crippen LogP contribution in [0.5, 0.6) is 11.5 Å². The zero-order valence-corrected chi connectivity index (χ0v) is 24.7. The Kier molecular flexibility index (Phi) is 11.0. The first-order chi connectivity index (χ1) is 19.4. The van der Waals surface area contributed by atoms with Crippen LogP contribution in [0.1, 0.15) is 35.4 Å². The van der Waals surface area contributed by atoms with E-state index >= 15 is 0 Å². The second-order valence-corrected chi connectivity index (χ2v) is 11.1. The van der Waals surface area contributed by atoms with Crippen LogP contribution in [0.15, 0.2) is 53.9 Å². The highest BCUT2D eigenvalue weighted by Crippen LogP contribution is 2.31. The lowest BCUT2D eigenvalue weighted by molar-refractivity contribution is -0.137. The molecular formula is C30H36F3N3O4S. The second kappa shape index (κ2) is 14.2. The van der Waals surface area contributed by atoms with Gasteiger partial charge in [0, 0.05) is 23.7 Å². The van der Waals surface area contributed by atoms with Crippen LogP contribution in [0.4, 0.5) is 23.7 Å². The molecule has 3 amide bonds. The number of nitrogens with zero attached hydrogens (tertiary/aromatic N) is 2. The lowest BCUT2D eigenvalue weighted by Crippen LogP contribution is -2.46. The number of aryl methyl sites for hydroxylation is 1. The summed E-state index contributed by atoms with van der Waals surface area (Å²) in [5.41, 5.74) is 1.16. The molecule has 0 saturated heterocycles. The Morgan fingerprint density at radius 2 is 1.73 bits per heavy atom. The van der Waals surface area contributed by atoms with E-state index in [1.165, 1.54) is 17.0 Å². The molecule has 0 unspecified atom stereocenters. The van der Waals surface area contributed by atoms with E-state index in [-0.39, 0.29) is 30.6 Å². The number of halogens is 3. The molecule has 1 heterocycles. The molecule has 7 nitrogen and oxygen atoms in total. The Labute approximate surface area is 242 Å². The number of urea groups is 1. The molecule has 0 fully saturated rings. The predicted octanol–water partition coefficient (Wildman–Crippen LogP) is 6.85. The van der Waals surface area contributed by atoms with Gasteiger partial charge in [-0.3, -0.25) is 4.79 Å². The monoisotopic (exact) mass is 591 g/mol. The fraction of sp³-hybridized carbons (Fsp3) is 0.400. The van der Waals surface area contributed by atoms with Crippen molar-refractivity contribution in [2.24, 2.45) is 5.92 Å². The number of alkyl halides is 3. The largest absolute Gasteiger partial charge is 0.493 e. The van der Waals surface area contributed by atoms with Crippen molar-refractivity contribution in [3.05, 3.63) is 75.5 Å². The first kappa shape index (κ1) is 31.8. The van der Waals surface area contributed by atoms with Crippen LogP contribution in [0, 0.1) is 12.8 Å². The number of anilines is 1. The average Bonchev–Trinajstić information content (AvgIpc) is 3.33. The van der Waals surface area contributed by atoms with Gasteiger partial charge in [-0.15, -0.1) is 11.3 Å². The van der Waals surface area contributed by atoms with Gasteiger partial charge in [-0.2, -0.15) is 13.2 Å². The number of hydrogen-bond donors (Lipinski definition) is 1. The van der Waals surface area contributed by atoms with E-state index in [2.05, 4.69) is 5.32 Å². The lowest BCUT2D eigenvalue weighted by Gasteiger charge is -2.29. The summed E-state index contributed by atoms with van der Waals surface area (Å²) in [7, 11) is 3.12. The average molecular weight is 592 g/mol. The third-order valence-electron chi connectivity index (χ3n) is 6.41. The number of methoxy groups -OCH3 is 2. The number of rotatable bonds is 12. The van der Waals surface area contributed by atoms with E-state index < -0.39 is 17.8 Å². The summed E-state index contributed by atoms with van der Waals surface area (Å²) in [6, 6.07) is 11.4. The Bertz CT molecular complexity index is 1330. The van der Waals surface area contributed by atoms with Gasteiger partial charge in [-0.1, -0.05) is 26.0 Å². The molecule has 0 aliphatic rings. The van der Waals surface area contributed by atoms with Gasteiger partial charge in [0.05, 0.1) is 26.3 Å². The first-order valence-corrected chi connectivity index (χ1v) is 14.0. The normalized spacial score (nSPS) is 11.3. The summed E-state index contributed by atoms with van der Waals surface area (Å²) in [5, 5.41) is 4.50. The van der Waals surface area contributed by atoms with Gasteiger partial charge < -0.3 is 24.6 Å². The molecule has 41 heavy (non-hydrogen) atoms. The van der Waals surface area contributed by atoms with E-state index in [0.29, 0.717) is 31.0 Å². The molecule has 0 spiro atoms. The molecule has 3 rings (SSSR count). The van der Waals surface area contributed by atoms with Crippen molar-refractivity contribution in [3.8, 4) is 11.5 Å². The number of ether oxygens (including phenoxy) is 2. The molecule has 222 valence electrons. The molecular weight excluding hydrogens is 555 g/mol. The van der Waals surface area contributed by atoms with E-state index in [1.807, 2.05) is 50.4 Å². The number of benzene rings is 2. The summed E-state index contributed by atoms with van der Waals surface area (Å²) in [6.45, 7) is 6.57. The molecule has 0 bridgehead atoms. The van der Waals surface area contributed by atoms with Crippen LogP contribution >= 0.6 is 11.3 Å². The third-order valence-corrected chi connectivity index (χ3v) is 7.42. The zero-order valence-electron chi connectivity index (χ0n) is 23.9. The van der Waals surface area contributed by atoms with Crippen molar-refractivity contribution < 1.29 is 32.2 Å². The van der Waals surface area contributed by atoms with Gasteiger partial charge >= 0.3 is 12.2 Å². The van der Waals surface area contributed by atoms with Crippen LogP contribution in [0.25, 0.3) is 0 Å². The molecule has 2 aromatic carbocycles. The van der Waals surface area contributed by atoms with Crippen molar-refractivity contribution in [1.82, 2.24) is 9.80 Å². The molecule has 1 N–H and O–H groups in total. The fourth-order valence-electron chi connectivity index (χ4n) is 4.23. The van der Waals surface area contributed by atoms with Crippen molar-refractivity contribution in [2.45, 2.75) is 39.9 Å². The molecule has 1 aromatic heterocycles. The van der Waals surface area contributed by atoms with E-state index in [0.717, 1.165) is 28.1 Å². The van der Waals surface area contributed by atoms with Crippen LogP contribution in [0.2, 0.25) is 0 Å². The standard InChI is InChI=1S/C30H36F3N3O4S/c1-20(2)17-36(29(38)34-24-8-6-7-23(16-24)30(31,32)33)19-28(37)35(18-27-21(3)12-14-41-27)13-11-22-9-10-25(39-4)26(15-22)40-5/h6-10,12,14-16,20H,11,13,17-19H2,1-5H3,(H,34,38). The SMILES string of the molecule is COc1ccc(CCN(Cc2sccc2C)C(=O)CN(CC(C)C)C(=O)Nc2cccc(C(F)(F)F)c2)cc1OC. The topological polar surface area (TPSA) is 71.1 Å². The predicted molar refractivity (Wildman–Crippen MR) is 155 cm³/mol. The van der Waals surface area contributed by atoms with E-state index in [4.69, 9.17) is 9.47 Å². The summed E-state index contributed by atoms with van der Waals surface area (Å²) >= 11 is 1.55. The Hall–Kier alpha value is -3.73. The van der Waals surface area contributed by atoms with Gasteiger partial charge in [0.25, 0.3) is 0 Å². The maximum absolute atomic E-state index is 13.7. The van der Waals surface area contributed by atoms with E-state index in [1.54, 1.807) is 30.5 Å². The molecule has 0 atom stereocenters. The fourth-order valence-corrected chi connectivity index (χ4v) is 5.15. The van der Waals surface area contributed by atoms with Crippen LogP contribution < -0.4 is 14.8 Å². The third kappa shape index (κ3) is 9.14. The van der Waals surface area contributed by atoms with Gasteiger partial charge in [-0.05, 0) is 72.2 Å². The van der Waals surface area contributed by atoms with Gasteiger partial charge in [0.15, 0.2) is 11.5 Å². The van der Waals surface area contributed by atoms with Crippen molar-refractivity contribution >= 4 is 29.0 Å². The summed E-state index contributed by atoms with van der Waals surface area (Å²) in [6.07, 6.45) is -4.00. The minimum absolute atomic E-state index is 0.00514. The maximum Gasteiger partial charge on any atom is 0.416 e. The highest BCUT2D eigenvalue weighted by atomic mass is 32.1. The molecule has 0 aliphatic carbocycles. The first-order valence-electron chi connectivity index (χ1n) is 13.2. The number of nitrogens with one attached hydrogen (secondary N) is 1. The smallest absolute Gasteiger partial charge is 0.416 e. The van der Waals surface area contributed by atoms with Gasteiger partial charge in [0.2, 0.25) is 5.91 Å². The van der Waals surface area contributed by atoms with Crippen molar-refractivity contribution in [1.29, 1.82) is 0 Å². The molecule has 11 heteroatoms. The van der Waals surface area contributed by atoms with Crippen molar-refractivity contribution in [3.63, 3.8) is 0 Å². The zero-order chi connectivity index (χ0) is 30.2.